The highest BCUT2D eigenvalue weighted by Crippen LogP contribution is 2.49. The fourth-order valence-corrected chi connectivity index (χ4v) is 11.0. The molecule has 2 fully saturated rings. The van der Waals surface area contributed by atoms with E-state index in [1.54, 1.807) is 24.3 Å². The summed E-state index contributed by atoms with van der Waals surface area (Å²) in [5.41, 5.74) is 5.46. The molecule has 2 aliphatic carbocycles. The molecule has 5 aromatic rings. The number of hydrogen-bond acceptors (Lipinski definition) is 10. The first kappa shape index (κ1) is 55.8. The van der Waals surface area contributed by atoms with Gasteiger partial charge in [-0.05, 0) is 97.5 Å². The Morgan fingerprint density at radius 1 is 0.795 bits per heavy atom. The molecule has 2 atom stereocenters. The molecule has 392 valence electrons. The molecule has 2 saturated carbocycles. The number of nitrogens with one attached hydrogen (secondary N) is 1. The van der Waals surface area contributed by atoms with E-state index >= 15 is 0 Å². The molecule has 0 spiro atoms. The molecule has 73 heavy (non-hydrogen) atoms. The molecular weight excluding hydrogens is 923 g/mol. The Kier molecular flexibility index (Phi) is 21.1. The minimum Gasteiger partial charge on any atom is -0.481 e. The van der Waals surface area contributed by atoms with Gasteiger partial charge in [-0.2, -0.15) is 5.21 Å². The van der Waals surface area contributed by atoms with Crippen molar-refractivity contribution in [3.63, 3.8) is 0 Å². The van der Waals surface area contributed by atoms with Gasteiger partial charge in [-0.25, -0.2) is 4.79 Å². The van der Waals surface area contributed by atoms with E-state index < -0.39 is 23.9 Å². The molecule has 3 N–H and O–H groups in total. The van der Waals surface area contributed by atoms with Crippen molar-refractivity contribution in [1.29, 1.82) is 0 Å². The fourth-order valence-electron chi connectivity index (χ4n) is 11.0. The van der Waals surface area contributed by atoms with Crippen LogP contribution >= 0.6 is 0 Å². The van der Waals surface area contributed by atoms with Gasteiger partial charge in [0.25, 0.3) is 0 Å². The van der Waals surface area contributed by atoms with Gasteiger partial charge in [0.05, 0.1) is 17.0 Å². The number of hydrogen-bond donors (Lipinski definition) is 3. The predicted octanol–water partition coefficient (Wildman–Crippen LogP) is 10.9. The summed E-state index contributed by atoms with van der Waals surface area (Å²) in [5.74, 6) is -1.44. The normalized spacial score (nSPS) is 16.6. The number of amides is 1. The van der Waals surface area contributed by atoms with Crippen LogP contribution in [0.1, 0.15) is 158 Å². The first-order valence-corrected chi connectivity index (χ1v) is 26.7. The maximum absolute atomic E-state index is 12.9. The Morgan fingerprint density at radius 3 is 2.05 bits per heavy atom. The molecular formula is C58H77N7O8. The summed E-state index contributed by atoms with van der Waals surface area (Å²) in [4.78, 5) is 65.0. The molecule has 0 radical (unpaired) electrons. The SMILES string of the molecule is CCCCC(=O)N(Cc1ccc(-c2ccccc2-c2nn[nH]n2)cc1)[C@H](C(=O)O)C(C)C.CCN(CC)CCOC(=O)C1(C2CCCCC2)CCCCC1.O=C(c1ccccc1)c1ccc2n1CCC2C(=O)O. The first-order chi connectivity index (χ1) is 35.3. The zero-order valence-corrected chi connectivity index (χ0v) is 43.6. The Labute approximate surface area is 431 Å². The lowest BCUT2D eigenvalue weighted by Crippen LogP contribution is -2.47. The molecule has 0 bridgehead atoms. The van der Waals surface area contributed by atoms with Crippen LogP contribution in [0.3, 0.4) is 0 Å². The number of carboxylic acid groups (broad SMARTS) is 2. The topological polar surface area (TPSA) is 201 Å². The van der Waals surface area contributed by atoms with E-state index in [-0.39, 0.29) is 35.5 Å². The number of rotatable bonds is 20. The summed E-state index contributed by atoms with van der Waals surface area (Å²) in [7, 11) is 0. The number of ether oxygens (including phenoxy) is 1. The van der Waals surface area contributed by atoms with Gasteiger partial charge in [-0.15, -0.1) is 10.2 Å². The Bertz CT molecular complexity index is 2530. The van der Waals surface area contributed by atoms with E-state index in [4.69, 9.17) is 9.84 Å². The molecule has 3 aromatic carbocycles. The van der Waals surface area contributed by atoms with Crippen LogP contribution in [0.4, 0.5) is 0 Å². The van der Waals surface area contributed by atoms with E-state index in [9.17, 15) is 29.1 Å². The number of fused-ring (bicyclic) bond motifs is 1. The highest BCUT2D eigenvalue weighted by molar-refractivity contribution is 6.08. The number of benzene rings is 3. The second-order valence-corrected chi connectivity index (χ2v) is 20.0. The van der Waals surface area contributed by atoms with Crippen LogP contribution in [0.5, 0.6) is 0 Å². The van der Waals surface area contributed by atoms with Crippen molar-refractivity contribution in [2.45, 2.75) is 150 Å². The van der Waals surface area contributed by atoms with Crippen molar-refractivity contribution in [2.24, 2.45) is 17.3 Å². The number of tetrazole rings is 1. The first-order valence-electron chi connectivity index (χ1n) is 26.7. The van der Waals surface area contributed by atoms with Crippen LogP contribution in [0, 0.1) is 17.3 Å². The van der Waals surface area contributed by atoms with Gasteiger partial charge in [0, 0.05) is 42.9 Å². The highest BCUT2D eigenvalue weighted by Gasteiger charge is 2.47. The van der Waals surface area contributed by atoms with Crippen LogP contribution in [-0.2, 0) is 37.0 Å². The summed E-state index contributed by atoms with van der Waals surface area (Å²) >= 11 is 0. The second-order valence-electron chi connectivity index (χ2n) is 20.0. The van der Waals surface area contributed by atoms with E-state index in [1.807, 2.05) is 92.1 Å². The van der Waals surface area contributed by atoms with Gasteiger partial charge in [0.1, 0.15) is 12.6 Å². The van der Waals surface area contributed by atoms with Crippen molar-refractivity contribution in [1.82, 2.24) is 35.0 Å². The van der Waals surface area contributed by atoms with Crippen molar-refractivity contribution in [3.8, 4) is 22.5 Å². The number of aromatic nitrogens is 5. The largest absolute Gasteiger partial charge is 0.481 e. The summed E-state index contributed by atoms with van der Waals surface area (Å²) in [6, 6.07) is 27.2. The fraction of sp³-hybridized carbons (Fsp3) is 0.517. The van der Waals surface area contributed by atoms with Crippen molar-refractivity contribution in [2.75, 3.05) is 26.2 Å². The molecule has 2 aromatic heterocycles. The van der Waals surface area contributed by atoms with Gasteiger partial charge in [0.2, 0.25) is 17.5 Å². The number of nitrogens with zero attached hydrogens (tertiary/aromatic N) is 6. The van der Waals surface area contributed by atoms with Crippen LogP contribution in [0.15, 0.2) is 91.0 Å². The summed E-state index contributed by atoms with van der Waals surface area (Å²) < 4.78 is 7.62. The third-order valence-electron chi connectivity index (χ3n) is 15.1. The van der Waals surface area contributed by atoms with E-state index in [1.165, 1.54) is 56.3 Å². The van der Waals surface area contributed by atoms with E-state index in [0.717, 1.165) is 73.3 Å². The molecule has 15 heteroatoms. The van der Waals surface area contributed by atoms with Gasteiger partial charge in [-0.1, -0.05) is 158 Å². The highest BCUT2D eigenvalue weighted by atomic mass is 16.5. The number of unbranched alkanes of at least 4 members (excludes halogenated alkanes) is 1. The summed E-state index contributed by atoms with van der Waals surface area (Å²) in [6.07, 6.45) is 14.8. The van der Waals surface area contributed by atoms with Gasteiger partial charge in [0.15, 0.2) is 0 Å². The van der Waals surface area contributed by atoms with E-state index in [0.29, 0.717) is 49.0 Å². The zero-order valence-electron chi connectivity index (χ0n) is 43.6. The number of esters is 1. The lowest BCUT2D eigenvalue weighted by atomic mass is 9.62. The number of likely N-dealkylation sites (N-methyl/N-ethyl adjacent to an activating group) is 1. The number of aliphatic carboxylic acids is 2. The molecule has 8 rings (SSSR count). The Morgan fingerprint density at radius 2 is 1.45 bits per heavy atom. The Hall–Kier alpha value is -6.48. The second kappa shape index (κ2) is 27.5. The third-order valence-corrected chi connectivity index (χ3v) is 15.1. The van der Waals surface area contributed by atoms with E-state index in [2.05, 4.69) is 39.4 Å². The monoisotopic (exact) mass is 1000 g/mol. The molecule has 1 aliphatic heterocycles. The van der Waals surface area contributed by atoms with Gasteiger partial charge in [-0.3, -0.25) is 19.2 Å². The summed E-state index contributed by atoms with van der Waals surface area (Å²) in [5, 5.41) is 33.2. The quantitative estimate of drug-likeness (QED) is 0.0493. The minimum absolute atomic E-state index is 0.0575. The molecule has 1 unspecified atom stereocenters. The lowest BCUT2D eigenvalue weighted by Gasteiger charge is -2.43. The van der Waals surface area contributed by atoms with Gasteiger partial charge < -0.3 is 29.3 Å². The number of carbonyl (C=O) groups is 5. The smallest absolute Gasteiger partial charge is 0.326 e. The number of carbonyl (C=O) groups excluding carboxylic acids is 3. The summed E-state index contributed by atoms with van der Waals surface area (Å²) in [6.45, 7) is 14.3. The third kappa shape index (κ3) is 14.4. The Balaban J connectivity index is 0.000000186. The van der Waals surface area contributed by atoms with Crippen molar-refractivity contribution >= 4 is 29.6 Å². The number of ketones is 1. The molecule has 3 aliphatic rings. The van der Waals surface area contributed by atoms with Crippen LogP contribution < -0.4 is 0 Å². The minimum atomic E-state index is -0.976. The maximum Gasteiger partial charge on any atom is 0.326 e. The molecule has 0 saturated heterocycles. The average molecular weight is 1000 g/mol. The number of H-pyrrole nitrogens is 1. The maximum atomic E-state index is 12.9. The van der Waals surface area contributed by atoms with Crippen LogP contribution in [-0.4, -0.2) is 107 Å². The van der Waals surface area contributed by atoms with Crippen molar-refractivity contribution < 1.29 is 38.9 Å². The number of carboxylic acids is 2. The zero-order chi connectivity index (χ0) is 52.3. The number of aromatic amines is 1. The van der Waals surface area contributed by atoms with Crippen LogP contribution in [0.2, 0.25) is 0 Å². The predicted molar refractivity (Wildman–Crippen MR) is 282 cm³/mol. The van der Waals surface area contributed by atoms with Gasteiger partial charge >= 0.3 is 17.9 Å². The lowest BCUT2D eigenvalue weighted by molar-refractivity contribution is -0.164. The molecule has 15 nitrogen and oxygen atoms in total. The molecule has 1 amide bonds. The molecule has 3 heterocycles. The van der Waals surface area contributed by atoms with Crippen LogP contribution in [0.25, 0.3) is 22.5 Å². The average Bonchev–Trinajstić information content (AvgIpc) is 4.21. The standard InChI is InChI=1S/C24H29N5O3.C19H35NO2.C15H13NO3/c1-4-5-10-21(30)29(22(16(2)3)24(31)32)15-17-11-13-18(14-12-17)19-8-6-7-9-20(19)23-25-27-28-26-23;1-3-20(4-2)15-16-22-18(21)19(13-9-6-10-14-19)17-11-7-5-8-12-17;17-14(10-4-2-1-3-5-10)13-7-6-12-11(15(18)19)8-9-16(12)13/h6-9,11-14,16,22H,4-5,10,15H2,1-3H3,(H,31,32)(H,25,26,27,28);17H,3-16H2,1-2H3;1-7,11H,8-9H2,(H,18,19)/t22-;;/m0../s1. The van der Waals surface area contributed by atoms with Crippen molar-refractivity contribution in [3.05, 3.63) is 114 Å².